The van der Waals surface area contributed by atoms with Gasteiger partial charge < -0.3 is 19.9 Å². The predicted octanol–water partition coefficient (Wildman–Crippen LogP) is 2.50. The number of morpholine rings is 1. The number of hydrogen-bond acceptors (Lipinski definition) is 7. The molecule has 0 radical (unpaired) electrons. The van der Waals surface area contributed by atoms with E-state index in [-0.39, 0.29) is 29.1 Å². The molecule has 2 heterocycles. The molecule has 0 unspecified atom stereocenters. The minimum absolute atomic E-state index is 0.00663. The Morgan fingerprint density at radius 1 is 0.947 bits per heavy atom. The van der Waals surface area contributed by atoms with Crippen molar-refractivity contribution in [2.24, 2.45) is 5.92 Å². The first-order valence-corrected chi connectivity index (χ1v) is 14.9. The number of piperazine rings is 1. The van der Waals surface area contributed by atoms with E-state index in [0.29, 0.717) is 63.0 Å². The Hall–Kier alpha value is -2.73. The number of halogens is 1. The zero-order valence-electron chi connectivity index (χ0n) is 21.6. The summed E-state index contributed by atoms with van der Waals surface area (Å²) in [7, 11) is -3.86. The molecular formula is C27H36FN5O4S. The first-order valence-electron chi connectivity index (χ1n) is 13.4. The second kappa shape index (κ2) is 12.0. The Kier molecular flexibility index (Phi) is 8.47. The van der Waals surface area contributed by atoms with Crippen molar-refractivity contribution >= 4 is 33.0 Å². The summed E-state index contributed by atoms with van der Waals surface area (Å²) in [5.74, 6) is -0.334. The van der Waals surface area contributed by atoms with Crippen LogP contribution in [0.5, 0.6) is 0 Å². The summed E-state index contributed by atoms with van der Waals surface area (Å²) in [5, 5.41) is 2.91. The van der Waals surface area contributed by atoms with Crippen LogP contribution in [0.3, 0.4) is 0 Å². The number of benzene rings is 2. The normalized spacial score (nSPS) is 19.3. The SMILES string of the molecule is O=C(Nc1ccc(N2CCN(c3ccccc3F)CC2)c(S(=O)(=O)NCCN2CCOCC2)c1)C1CCC1. The van der Waals surface area contributed by atoms with E-state index in [4.69, 9.17) is 4.74 Å². The number of sulfonamides is 1. The van der Waals surface area contributed by atoms with Gasteiger partial charge in [0.25, 0.3) is 0 Å². The summed E-state index contributed by atoms with van der Waals surface area (Å²) in [6.45, 7) is 5.94. The monoisotopic (exact) mass is 545 g/mol. The Labute approximate surface area is 224 Å². The molecular weight excluding hydrogens is 509 g/mol. The van der Waals surface area contributed by atoms with Gasteiger partial charge in [0.1, 0.15) is 10.7 Å². The lowest BCUT2D eigenvalue weighted by Gasteiger charge is -2.38. The van der Waals surface area contributed by atoms with Gasteiger partial charge in [0.05, 0.1) is 24.6 Å². The second-order valence-corrected chi connectivity index (χ2v) is 11.8. The molecule has 11 heteroatoms. The fraction of sp³-hybridized carbons (Fsp3) is 0.519. The molecule has 2 aromatic carbocycles. The summed E-state index contributed by atoms with van der Waals surface area (Å²) < 4.78 is 49.6. The van der Waals surface area contributed by atoms with Crippen molar-refractivity contribution < 1.29 is 22.3 Å². The van der Waals surface area contributed by atoms with Crippen molar-refractivity contribution in [3.8, 4) is 0 Å². The van der Waals surface area contributed by atoms with Gasteiger partial charge in [-0.25, -0.2) is 17.5 Å². The molecule has 0 aromatic heterocycles. The molecule has 2 N–H and O–H groups in total. The number of carbonyl (C=O) groups is 1. The van der Waals surface area contributed by atoms with Crippen molar-refractivity contribution in [2.75, 3.05) is 80.7 Å². The standard InChI is InChI=1S/C27H36FN5O4S/c28-23-6-1-2-7-24(23)32-12-14-33(15-13-32)25-9-8-22(30-27(34)21-4-3-5-21)20-26(25)38(35,36)29-10-11-31-16-18-37-19-17-31/h1-2,6-9,20-21,29H,3-5,10-19H2,(H,30,34). The molecule has 206 valence electrons. The van der Waals surface area contributed by atoms with Crippen LogP contribution in [0.2, 0.25) is 0 Å². The molecule has 2 aromatic rings. The van der Waals surface area contributed by atoms with Gasteiger partial charge >= 0.3 is 0 Å². The van der Waals surface area contributed by atoms with Gasteiger partial charge in [-0.2, -0.15) is 0 Å². The number of ether oxygens (including phenoxy) is 1. The number of nitrogens with zero attached hydrogens (tertiary/aromatic N) is 3. The molecule has 1 amide bonds. The molecule has 1 aliphatic carbocycles. The topological polar surface area (TPSA) is 94.2 Å². The number of rotatable bonds is 9. The lowest BCUT2D eigenvalue weighted by molar-refractivity contribution is -0.122. The lowest BCUT2D eigenvalue weighted by Crippen LogP contribution is -2.47. The maximum atomic E-state index is 14.3. The van der Waals surface area contributed by atoms with Gasteiger partial charge in [0.15, 0.2) is 0 Å². The Morgan fingerprint density at radius 2 is 1.63 bits per heavy atom. The molecule has 2 aliphatic heterocycles. The van der Waals surface area contributed by atoms with E-state index in [1.54, 1.807) is 30.3 Å². The molecule has 5 rings (SSSR count). The number of hydrogen-bond donors (Lipinski definition) is 2. The summed E-state index contributed by atoms with van der Waals surface area (Å²) in [6, 6.07) is 11.8. The largest absolute Gasteiger partial charge is 0.379 e. The highest BCUT2D eigenvalue weighted by Gasteiger charge is 2.28. The quantitative estimate of drug-likeness (QED) is 0.500. The minimum Gasteiger partial charge on any atom is -0.379 e. The molecule has 38 heavy (non-hydrogen) atoms. The third-order valence-electron chi connectivity index (χ3n) is 7.63. The Morgan fingerprint density at radius 3 is 2.29 bits per heavy atom. The first-order chi connectivity index (χ1) is 18.4. The first kappa shape index (κ1) is 26.9. The molecule has 3 aliphatic rings. The van der Waals surface area contributed by atoms with Gasteiger partial charge in [-0.1, -0.05) is 18.6 Å². The smallest absolute Gasteiger partial charge is 0.242 e. The van der Waals surface area contributed by atoms with Crippen molar-refractivity contribution in [3.63, 3.8) is 0 Å². The van der Waals surface area contributed by atoms with Gasteiger partial charge in [0, 0.05) is 64.0 Å². The van der Waals surface area contributed by atoms with Crippen molar-refractivity contribution in [2.45, 2.75) is 24.2 Å². The van der Waals surface area contributed by atoms with Crippen LogP contribution in [-0.2, 0) is 19.6 Å². The third kappa shape index (κ3) is 6.28. The van der Waals surface area contributed by atoms with Gasteiger partial charge in [-0.15, -0.1) is 0 Å². The number of anilines is 3. The van der Waals surface area contributed by atoms with Crippen LogP contribution in [0.15, 0.2) is 47.4 Å². The summed E-state index contributed by atoms with van der Waals surface area (Å²) >= 11 is 0. The molecule has 1 saturated carbocycles. The summed E-state index contributed by atoms with van der Waals surface area (Å²) in [6.07, 6.45) is 2.78. The van der Waals surface area contributed by atoms with E-state index >= 15 is 0 Å². The van der Waals surface area contributed by atoms with E-state index in [1.807, 2.05) is 15.9 Å². The number of para-hydroxylation sites is 1. The average molecular weight is 546 g/mol. The van der Waals surface area contributed by atoms with Crippen molar-refractivity contribution in [3.05, 3.63) is 48.3 Å². The zero-order chi connectivity index (χ0) is 26.5. The second-order valence-electron chi connectivity index (χ2n) is 10.1. The Bertz CT molecular complexity index is 1230. The lowest BCUT2D eigenvalue weighted by atomic mass is 9.85. The van der Waals surface area contributed by atoms with Crippen molar-refractivity contribution in [1.82, 2.24) is 9.62 Å². The van der Waals surface area contributed by atoms with E-state index < -0.39 is 10.0 Å². The highest BCUT2D eigenvalue weighted by Crippen LogP contribution is 2.32. The van der Waals surface area contributed by atoms with E-state index in [1.165, 1.54) is 6.07 Å². The highest BCUT2D eigenvalue weighted by molar-refractivity contribution is 7.89. The Balaban J connectivity index is 1.33. The fourth-order valence-electron chi connectivity index (χ4n) is 5.12. The minimum atomic E-state index is -3.86. The molecule has 0 bridgehead atoms. The molecule has 0 spiro atoms. The van der Waals surface area contributed by atoms with Crippen LogP contribution < -0.4 is 19.8 Å². The van der Waals surface area contributed by atoms with Crippen LogP contribution in [0.1, 0.15) is 19.3 Å². The maximum absolute atomic E-state index is 14.3. The van der Waals surface area contributed by atoms with E-state index in [9.17, 15) is 17.6 Å². The molecule has 9 nitrogen and oxygen atoms in total. The van der Waals surface area contributed by atoms with Crippen molar-refractivity contribution in [1.29, 1.82) is 0 Å². The van der Waals surface area contributed by atoms with Gasteiger partial charge in [0.2, 0.25) is 15.9 Å². The van der Waals surface area contributed by atoms with Gasteiger partial charge in [-0.3, -0.25) is 9.69 Å². The van der Waals surface area contributed by atoms with E-state index in [0.717, 1.165) is 32.4 Å². The number of amides is 1. The maximum Gasteiger partial charge on any atom is 0.242 e. The predicted molar refractivity (Wildman–Crippen MR) is 146 cm³/mol. The molecule has 3 fully saturated rings. The number of nitrogens with one attached hydrogen (secondary N) is 2. The summed E-state index contributed by atoms with van der Waals surface area (Å²) in [5.41, 5.74) is 1.61. The third-order valence-corrected chi connectivity index (χ3v) is 9.12. The average Bonchev–Trinajstić information content (AvgIpc) is 2.89. The van der Waals surface area contributed by atoms with Crippen LogP contribution in [0.25, 0.3) is 0 Å². The molecule has 2 saturated heterocycles. The zero-order valence-corrected chi connectivity index (χ0v) is 22.4. The fourth-order valence-corrected chi connectivity index (χ4v) is 6.39. The van der Waals surface area contributed by atoms with E-state index in [2.05, 4.69) is 14.9 Å². The number of carbonyl (C=O) groups excluding carboxylic acids is 1. The van der Waals surface area contributed by atoms with Crippen LogP contribution in [0.4, 0.5) is 21.5 Å². The van der Waals surface area contributed by atoms with Crippen LogP contribution in [0, 0.1) is 11.7 Å². The molecule has 0 atom stereocenters. The summed E-state index contributed by atoms with van der Waals surface area (Å²) in [4.78, 5) is 18.9. The van der Waals surface area contributed by atoms with Gasteiger partial charge in [-0.05, 0) is 43.2 Å². The highest BCUT2D eigenvalue weighted by atomic mass is 32.2. The van der Waals surface area contributed by atoms with Crippen LogP contribution >= 0.6 is 0 Å². The van der Waals surface area contributed by atoms with Crippen LogP contribution in [-0.4, -0.2) is 84.8 Å².